The van der Waals surface area contributed by atoms with E-state index in [1.165, 1.54) is 0 Å². The van der Waals surface area contributed by atoms with Crippen LogP contribution in [0.4, 0.5) is 4.79 Å². The fraction of sp³-hybridized carbons (Fsp3) is 0.320. The van der Waals surface area contributed by atoms with E-state index in [0.717, 1.165) is 22.3 Å². The Morgan fingerprint density at radius 3 is 2.19 bits per heavy atom. The number of carboxylic acids is 1. The van der Waals surface area contributed by atoms with Gasteiger partial charge >= 0.3 is 12.1 Å². The van der Waals surface area contributed by atoms with E-state index in [4.69, 9.17) is 9.84 Å². The van der Waals surface area contributed by atoms with Crippen molar-refractivity contribution in [3.63, 3.8) is 0 Å². The molecule has 0 radical (unpaired) electrons. The largest absolute Gasteiger partial charge is 0.480 e. The highest BCUT2D eigenvalue weighted by atomic mass is 16.5. The number of fused-ring (bicyclic) bond motifs is 3. The maximum absolute atomic E-state index is 12.3. The fourth-order valence-corrected chi connectivity index (χ4v) is 3.83. The summed E-state index contributed by atoms with van der Waals surface area (Å²) in [5, 5.41) is 14.2. The highest BCUT2D eigenvalue weighted by Crippen LogP contribution is 2.44. The van der Waals surface area contributed by atoms with Crippen LogP contribution in [0.2, 0.25) is 0 Å². The highest BCUT2D eigenvalue weighted by Gasteiger charge is 2.29. The van der Waals surface area contributed by atoms with E-state index in [9.17, 15) is 14.4 Å². The van der Waals surface area contributed by atoms with Gasteiger partial charge in [0.25, 0.3) is 0 Å². The van der Waals surface area contributed by atoms with Crippen molar-refractivity contribution in [2.24, 2.45) is 0 Å². The first-order valence-electron chi connectivity index (χ1n) is 10.4. The number of amides is 2. The van der Waals surface area contributed by atoms with E-state index in [2.05, 4.69) is 34.6 Å². The number of hydrogen-bond acceptors (Lipinski definition) is 4. The van der Waals surface area contributed by atoms with Crippen molar-refractivity contribution in [2.45, 2.75) is 44.7 Å². The molecule has 32 heavy (non-hydrogen) atoms. The minimum Gasteiger partial charge on any atom is -0.480 e. The van der Waals surface area contributed by atoms with Gasteiger partial charge in [-0.25, -0.2) is 9.59 Å². The quantitative estimate of drug-likeness (QED) is 0.553. The molecule has 0 aliphatic heterocycles. The maximum Gasteiger partial charge on any atom is 0.407 e. The first-order chi connectivity index (χ1) is 15.4. The van der Waals surface area contributed by atoms with Gasteiger partial charge < -0.3 is 20.5 Å². The van der Waals surface area contributed by atoms with Gasteiger partial charge in [0, 0.05) is 24.8 Å². The Kier molecular flexibility index (Phi) is 7.50. The number of benzene rings is 2. The van der Waals surface area contributed by atoms with E-state index in [1.807, 2.05) is 36.4 Å². The van der Waals surface area contributed by atoms with E-state index < -0.39 is 30.1 Å². The Bertz CT molecular complexity index is 1020. The molecular formula is C25H26N2O5. The van der Waals surface area contributed by atoms with Crippen LogP contribution in [0, 0.1) is 11.8 Å². The first-order valence-corrected chi connectivity index (χ1v) is 10.4. The number of carbonyl (C=O) groups excluding carboxylic acids is 2. The zero-order valence-corrected chi connectivity index (χ0v) is 18.1. The zero-order valence-electron chi connectivity index (χ0n) is 18.1. The minimum atomic E-state index is -1.15. The third-order valence-electron chi connectivity index (χ3n) is 5.32. The number of nitrogens with one attached hydrogen (secondary N) is 2. The topological polar surface area (TPSA) is 105 Å². The lowest BCUT2D eigenvalue weighted by molar-refractivity contribution is -0.141. The van der Waals surface area contributed by atoms with Gasteiger partial charge in [-0.15, -0.1) is 11.8 Å². The molecule has 2 unspecified atom stereocenters. The van der Waals surface area contributed by atoms with Crippen molar-refractivity contribution < 1.29 is 24.2 Å². The van der Waals surface area contributed by atoms with E-state index in [0.29, 0.717) is 0 Å². The van der Waals surface area contributed by atoms with Gasteiger partial charge in [0.1, 0.15) is 12.6 Å². The molecule has 3 rings (SSSR count). The number of carbonyl (C=O) groups is 3. The Labute approximate surface area is 187 Å². The standard InChI is InChI=1S/C25H26N2O5/c1-3-4-13-22(24(29)30)27-23(28)14-16(2)26-25(31)32-15-21-19-11-7-5-9-17(19)18-10-6-8-12-20(18)21/h5-12,16,21-22H,13-15H2,1-2H3,(H,26,31)(H,27,28)(H,29,30). The lowest BCUT2D eigenvalue weighted by atomic mass is 9.98. The second-order valence-corrected chi connectivity index (χ2v) is 7.66. The van der Waals surface area contributed by atoms with Crippen LogP contribution in [-0.2, 0) is 14.3 Å². The van der Waals surface area contributed by atoms with Crippen molar-refractivity contribution in [3.8, 4) is 23.0 Å². The van der Waals surface area contributed by atoms with E-state index in [1.54, 1.807) is 13.8 Å². The Hall–Kier alpha value is -3.79. The van der Waals surface area contributed by atoms with Gasteiger partial charge in [-0.1, -0.05) is 48.5 Å². The molecule has 2 aromatic rings. The van der Waals surface area contributed by atoms with Gasteiger partial charge in [-0.05, 0) is 36.1 Å². The Morgan fingerprint density at radius 2 is 1.62 bits per heavy atom. The lowest BCUT2D eigenvalue weighted by Crippen LogP contribution is -2.44. The van der Waals surface area contributed by atoms with Gasteiger partial charge in [-0.3, -0.25) is 4.79 Å². The van der Waals surface area contributed by atoms with Crippen molar-refractivity contribution in [1.29, 1.82) is 0 Å². The average molecular weight is 434 g/mol. The third-order valence-corrected chi connectivity index (χ3v) is 5.32. The Balaban J connectivity index is 1.52. The smallest absolute Gasteiger partial charge is 0.407 e. The summed E-state index contributed by atoms with van der Waals surface area (Å²) in [6.45, 7) is 3.43. The molecule has 1 aliphatic carbocycles. The van der Waals surface area contributed by atoms with Crippen LogP contribution in [0.3, 0.4) is 0 Å². The number of alkyl carbamates (subject to hydrolysis) is 1. The predicted molar refractivity (Wildman–Crippen MR) is 120 cm³/mol. The van der Waals surface area contributed by atoms with Crippen LogP contribution in [0.15, 0.2) is 48.5 Å². The van der Waals surface area contributed by atoms with Crippen molar-refractivity contribution in [1.82, 2.24) is 10.6 Å². The van der Waals surface area contributed by atoms with Crippen LogP contribution in [0.5, 0.6) is 0 Å². The SMILES string of the molecule is CC#CCC(NC(=O)CC(C)NC(=O)OCC1c2ccccc2-c2ccccc21)C(=O)O. The second kappa shape index (κ2) is 10.5. The van der Waals surface area contributed by atoms with Gasteiger partial charge in [0.2, 0.25) is 5.91 Å². The molecule has 2 aromatic carbocycles. The molecule has 1 aliphatic rings. The van der Waals surface area contributed by atoms with Gasteiger partial charge in [0.15, 0.2) is 0 Å². The molecule has 0 saturated carbocycles. The minimum absolute atomic E-state index is 0.0196. The van der Waals surface area contributed by atoms with Crippen LogP contribution >= 0.6 is 0 Å². The van der Waals surface area contributed by atoms with Crippen molar-refractivity contribution in [2.75, 3.05) is 6.61 Å². The molecular weight excluding hydrogens is 408 g/mol. The third kappa shape index (κ3) is 5.46. The van der Waals surface area contributed by atoms with Crippen LogP contribution < -0.4 is 10.6 Å². The second-order valence-electron chi connectivity index (χ2n) is 7.66. The molecule has 2 atom stereocenters. The normalized spacial score (nSPS) is 13.6. The van der Waals surface area contributed by atoms with E-state index >= 15 is 0 Å². The Morgan fingerprint density at radius 1 is 1.03 bits per heavy atom. The number of rotatable bonds is 8. The molecule has 3 N–H and O–H groups in total. The highest BCUT2D eigenvalue weighted by molar-refractivity contribution is 5.84. The number of ether oxygens (including phenoxy) is 1. The van der Waals surface area contributed by atoms with Crippen molar-refractivity contribution >= 4 is 18.0 Å². The maximum atomic E-state index is 12.3. The molecule has 166 valence electrons. The summed E-state index contributed by atoms with van der Waals surface area (Å²) in [5.74, 6) is 3.56. The molecule has 0 saturated heterocycles. The average Bonchev–Trinajstić information content (AvgIpc) is 3.08. The number of hydrogen-bond donors (Lipinski definition) is 3. The molecule has 0 heterocycles. The summed E-state index contributed by atoms with van der Waals surface area (Å²) in [4.78, 5) is 35.7. The van der Waals surface area contributed by atoms with Gasteiger partial charge in [0.05, 0.1) is 0 Å². The molecule has 2 amide bonds. The van der Waals surface area contributed by atoms with Gasteiger partial charge in [-0.2, -0.15) is 0 Å². The monoisotopic (exact) mass is 434 g/mol. The number of carboxylic acid groups (broad SMARTS) is 1. The fourth-order valence-electron chi connectivity index (χ4n) is 3.83. The van der Waals surface area contributed by atoms with Crippen LogP contribution in [-0.4, -0.2) is 41.8 Å². The summed E-state index contributed by atoms with van der Waals surface area (Å²) in [6, 6.07) is 14.5. The molecule has 0 aromatic heterocycles. The summed E-state index contributed by atoms with van der Waals surface area (Å²) < 4.78 is 5.47. The molecule has 0 fully saturated rings. The van der Waals surface area contributed by atoms with Crippen LogP contribution in [0.25, 0.3) is 11.1 Å². The summed E-state index contributed by atoms with van der Waals surface area (Å²) >= 11 is 0. The summed E-state index contributed by atoms with van der Waals surface area (Å²) in [6.07, 6.45) is -0.682. The number of aliphatic carboxylic acids is 1. The van der Waals surface area contributed by atoms with E-state index in [-0.39, 0.29) is 25.4 Å². The van der Waals surface area contributed by atoms with Crippen LogP contribution in [0.1, 0.15) is 43.7 Å². The predicted octanol–water partition coefficient (Wildman–Crippen LogP) is 3.29. The molecule has 7 heteroatoms. The van der Waals surface area contributed by atoms with Crippen molar-refractivity contribution in [3.05, 3.63) is 59.7 Å². The first kappa shape index (κ1) is 22.9. The molecule has 0 bridgehead atoms. The zero-order chi connectivity index (χ0) is 23.1. The molecule has 0 spiro atoms. The molecule has 7 nitrogen and oxygen atoms in total. The lowest BCUT2D eigenvalue weighted by Gasteiger charge is -2.18. The summed E-state index contributed by atoms with van der Waals surface area (Å²) in [7, 11) is 0. The summed E-state index contributed by atoms with van der Waals surface area (Å²) in [5.41, 5.74) is 4.51.